The lowest BCUT2D eigenvalue weighted by atomic mass is 10.2. The zero-order valence-corrected chi connectivity index (χ0v) is 17.6. The van der Waals surface area contributed by atoms with E-state index in [1.807, 2.05) is 23.6 Å². The number of hydrogen-bond donors (Lipinski definition) is 1. The second kappa shape index (κ2) is 7.34. The Morgan fingerprint density at radius 1 is 0.969 bits per heavy atom. The Labute approximate surface area is 183 Å². The fourth-order valence-electron chi connectivity index (χ4n) is 4.92. The zero-order chi connectivity index (χ0) is 21.8. The molecule has 1 aromatic carbocycles. The number of anilines is 1. The van der Waals surface area contributed by atoms with E-state index in [0.717, 1.165) is 36.2 Å². The van der Waals surface area contributed by atoms with Gasteiger partial charge in [0.2, 0.25) is 0 Å². The molecule has 162 valence electrons. The van der Waals surface area contributed by atoms with Gasteiger partial charge in [0.15, 0.2) is 5.65 Å². The molecule has 5 heterocycles. The molecule has 0 unspecified atom stereocenters. The van der Waals surface area contributed by atoms with E-state index < -0.39 is 11.6 Å². The summed E-state index contributed by atoms with van der Waals surface area (Å²) in [6, 6.07) is 10.3. The SMILES string of the molecule is Cc1cc(N2C[C@H]3CC[C@@H](C2)N3)nc2c1nc(-c1ccc(F)cc1F)n2-c1ccncc1. The van der Waals surface area contributed by atoms with Crippen LogP contribution in [0.25, 0.3) is 28.2 Å². The van der Waals surface area contributed by atoms with Crippen LogP contribution in [0.15, 0.2) is 48.8 Å². The van der Waals surface area contributed by atoms with Gasteiger partial charge >= 0.3 is 0 Å². The fraction of sp³-hybridized carbons (Fsp3) is 0.292. The van der Waals surface area contributed by atoms with E-state index in [-0.39, 0.29) is 5.56 Å². The van der Waals surface area contributed by atoms with Crippen molar-refractivity contribution in [2.75, 3.05) is 18.0 Å². The van der Waals surface area contributed by atoms with Crippen molar-refractivity contribution in [3.05, 3.63) is 66.0 Å². The molecule has 0 aliphatic carbocycles. The van der Waals surface area contributed by atoms with Gasteiger partial charge in [0.25, 0.3) is 0 Å². The van der Waals surface area contributed by atoms with Crippen molar-refractivity contribution in [1.82, 2.24) is 24.8 Å². The average molecular weight is 432 g/mol. The third-order valence-corrected chi connectivity index (χ3v) is 6.43. The lowest BCUT2D eigenvalue weighted by Crippen LogP contribution is -2.51. The maximum absolute atomic E-state index is 14.8. The monoisotopic (exact) mass is 432 g/mol. The number of piperazine rings is 1. The van der Waals surface area contributed by atoms with E-state index in [1.54, 1.807) is 12.4 Å². The van der Waals surface area contributed by atoms with Crippen molar-refractivity contribution in [3.8, 4) is 17.1 Å². The van der Waals surface area contributed by atoms with Crippen LogP contribution in [0.2, 0.25) is 0 Å². The molecular formula is C24H22F2N6. The van der Waals surface area contributed by atoms with Gasteiger partial charge in [-0.2, -0.15) is 0 Å². The van der Waals surface area contributed by atoms with Crippen LogP contribution in [-0.4, -0.2) is 44.7 Å². The smallest absolute Gasteiger partial charge is 0.167 e. The summed E-state index contributed by atoms with van der Waals surface area (Å²) in [7, 11) is 0. The van der Waals surface area contributed by atoms with Crippen molar-refractivity contribution in [1.29, 1.82) is 0 Å². The number of rotatable bonds is 3. The standard InChI is InChI=1S/C24H22F2N6/c1-14-10-21(31-12-16-3-4-17(13-31)28-16)29-24-22(14)30-23(19-5-2-15(25)11-20(19)26)32(24)18-6-8-27-9-7-18/h2,5-11,16-17,28H,3-4,12-13H2,1H3/t16-,17+. The van der Waals surface area contributed by atoms with E-state index in [9.17, 15) is 8.78 Å². The normalized spacial score (nSPS) is 20.3. The molecule has 0 radical (unpaired) electrons. The van der Waals surface area contributed by atoms with Gasteiger partial charge in [0.05, 0.1) is 11.3 Å². The summed E-state index contributed by atoms with van der Waals surface area (Å²) in [5.41, 5.74) is 3.30. The fourth-order valence-corrected chi connectivity index (χ4v) is 4.92. The molecule has 6 rings (SSSR count). The van der Waals surface area contributed by atoms with Gasteiger partial charge in [-0.3, -0.25) is 9.55 Å². The highest BCUT2D eigenvalue weighted by Gasteiger charge is 2.33. The van der Waals surface area contributed by atoms with Crippen molar-refractivity contribution in [3.63, 3.8) is 0 Å². The van der Waals surface area contributed by atoms with E-state index in [0.29, 0.717) is 29.1 Å². The number of aryl methyl sites for hydroxylation is 1. The largest absolute Gasteiger partial charge is 0.353 e. The molecule has 2 aliphatic heterocycles. The highest BCUT2D eigenvalue weighted by molar-refractivity contribution is 5.84. The quantitative estimate of drug-likeness (QED) is 0.530. The molecule has 1 N–H and O–H groups in total. The molecule has 8 heteroatoms. The van der Waals surface area contributed by atoms with Crippen LogP contribution in [0.3, 0.4) is 0 Å². The van der Waals surface area contributed by atoms with Crippen molar-refractivity contribution < 1.29 is 8.78 Å². The van der Waals surface area contributed by atoms with Gasteiger partial charge in [0.1, 0.15) is 28.8 Å². The third kappa shape index (κ3) is 3.14. The summed E-state index contributed by atoms with van der Waals surface area (Å²) in [4.78, 5) is 16.2. The number of benzene rings is 1. The van der Waals surface area contributed by atoms with Crippen molar-refractivity contribution in [2.24, 2.45) is 0 Å². The molecule has 6 nitrogen and oxygen atoms in total. The molecule has 4 aromatic rings. The second-order valence-electron chi connectivity index (χ2n) is 8.61. The summed E-state index contributed by atoms with van der Waals surface area (Å²) in [5.74, 6) is 0.00138. The Hall–Kier alpha value is -3.39. The number of hydrogen-bond acceptors (Lipinski definition) is 5. The third-order valence-electron chi connectivity index (χ3n) is 6.43. The minimum absolute atomic E-state index is 0.224. The number of fused-ring (bicyclic) bond motifs is 3. The minimum Gasteiger partial charge on any atom is -0.353 e. The van der Waals surface area contributed by atoms with E-state index in [4.69, 9.17) is 9.97 Å². The number of nitrogens with zero attached hydrogens (tertiary/aromatic N) is 5. The minimum atomic E-state index is -0.660. The Kier molecular flexibility index (Phi) is 4.43. The number of pyridine rings is 2. The maximum atomic E-state index is 14.8. The molecule has 2 bridgehead atoms. The van der Waals surface area contributed by atoms with Crippen LogP contribution >= 0.6 is 0 Å². The van der Waals surface area contributed by atoms with Gasteiger partial charge in [-0.1, -0.05) is 0 Å². The predicted molar refractivity (Wildman–Crippen MR) is 119 cm³/mol. The number of aromatic nitrogens is 4. The Balaban J connectivity index is 1.57. The first-order valence-corrected chi connectivity index (χ1v) is 10.8. The van der Waals surface area contributed by atoms with Gasteiger partial charge in [-0.15, -0.1) is 0 Å². The van der Waals surface area contributed by atoms with Crippen LogP contribution in [0.5, 0.6) is 0 Å². The molecule has 2 saturated heterocycles. The van der Waals surface area contributed by atoms with E-state index >= 15 is 0 Å². The molecule has 2 fully saturated rings. The molecular weight excluding hydrogens is 410 g/mol. The molecule has 2 aliphatic rings. The average Bonchev–Trinajstić information content (AvgIpc) is 3.34. The zero-order valence-electron chi connectivity index (χ0n) is 17.6. The lowest BCUT2D eigenvalue weighted by Gasteiger charge is -2.33. The maximum Gasteiger partial charge on any atom is 0.167 e. The first-order chi connectivity index (χ1) is 15.6. The molecule has 2 atom stereocenters. The van der Waals surface area contributed by atoms with E-state index in [2.05, 4.69) is 21.3 Å². The summed E-state index contributed by atoms with van der Waals surface area (Å²) in [5, 5.41) is 3.65. The van der Waals surface area contributed by atoms with E-state index in [1.165, 1.54) is 25.0 Å². The van der Waals surface area contributed by atoms with Gasteiger partial charge in [-0.05, 0) is 55.7 Å². The highest BCUT2D eigenvalue weighted by Crippen LogP contribution is 2.33. The summed E-state index contributed by atoms with van der Waals surface area (Å²) in [6.45, 7) is 3.83. The van der Waals surface area contributed by atoms with Gasteiger partial charge < -0.3 is 10.2 Å². The predicted octanol–water partition coefficient (Wildman–Crippen LogP) is 4.01. The molecule has 0 saturated carbocycles. The topological polar surface area (TPSA) is 58.9 Å². The van der Waals surface area contributed by atoms with Crippen LogP contribution in [-0.2, 0) is 0 Å². The van der Waals surface area contributed by atoms with Crippen LogP contribution < -0.4 is 10.2 Å². The van der Waals surface area contributed by atoms with Crippen molar-refractivity contribution >= 4 is 17.0 Å². The molecule has 0 spiro atoms. The summed E-state index contributed by atoms with van der Waals surface area (Å²) >= 11 is 0. The summed E-state index contributed by atoms with van der Waals surface area (Å²) in [6.07, 6.45) is 5.73. The van der Waals surface area contributed by atoms with Crippen LogP contribution in [0.1, 0.15) is 18.4 Å². The Morgan fingerprint density at radius 2 is 1.72 bits per heavy atom. The molecule has 3 aromatic heterocycles. The summed E-state index contributed by atoms with van der Waals surface area (Å²) < 4.78 is 30.2. The van der Waals surface area contributed by atoms with Crippen LogP contribution in [0, 0.1) is 18.6 Å². The lowest BCUT2D eigenvalue weighted by molar-refractivity contribution is 0.463. The number of nitrogens with one attached hydrogen (secondary N) is 1. The van der Waals surface area contributed by atoms with Crippen molar-refractivity contribution in [2.45, 2.75) is 31.8 Å². The number of halogens is 2. The Bertz CT molecular complexity index is 1310. The highest BCUT2D eigenvalue weighted by atomic mass is 19.1. The van der Waals surface area contributed by atoms with Gasteiger partial charge in [-0.25, -0.2) is 18.7 Å². The Morgan fingerprint density at radius 3 is 2.44 bits per heavy atom. The van der Waals surface area contributed by atoms with Gasteiger partial charge in [0, 0.05) is 43.6 Å². The molecule has 32 heavy (non-hydrogen) atoms. The first-order valence-electron chi connectivity index (χ1n) is 10.8. The van der Waals surface area contributed by atoms with Crippen LogP contribution in [0.4, 0.5) is 14.6 Å². The molecule has 0 amide bonds. The second-order valence-corrected chi connectivity index (χ2v) is 8.61. The first kappa shape index (κ1) is 19.3. The number of imidazole rings is 1.